The lowest BCUT2D eigenvalue weighted by atomic mass is 9.68. The molecule has 0 bridgehead atoms. The summed E-state index contributed by atoms with van der Waals surface area (Å²) in [6, 6.07) is 8.65. The van der Waals surface area contributed by atoms with Gasteiger partial charge in [-0.25, -0.2) is 0 Å². The third-order valence-electron chi connectivity index (χ3n) is 4.62. The van der Waals surface area contributed by atoms with Crippen molar-refractivity contribution in [2.24, 2.45) is 17.6 Å². The van der Waals surface area contributed by atoms with Crippen LogP contribution in [0.4, 0.5) is 0 Å². The van der Waals surface area contributed by atoms with Gasteiger partial charge < -0.3 is 5.73 Å². The molecular weight excluding hydrogens is 206 g/mol. The van der Waals surface area contributed by atoms with Crippen LogP contribution in [0.3, 0.4) is 0 Å². The second kappa shape index (κ2) is 4.81. The van der Waals surface area contributed by atoms with Crippen molar-refractivity contribution in [1.29, 1.82) is 0 Å². The van der Waals surface area contributed by atoms with Crippen molar-refractivity contribution >= 4 is 0 Å². The van der Waals surface area contributed by atoms with Gasteiger partial charge in [0.1, 0.15) is 0 Å². The Bertz CT molecular complexity index is 385. The van der Waals surface area contributed by atoms with Crippen LogP contribution in [0.1, 0.15) is 44.2 Å². The van der Waals surface area contributed by atoms with Gasteiger partial charge in [-0.1, -0.05) is 38.1 Å². The lowest BCUT2D eigenvalue weighted by molar-refractivity contribution is 0.163. The molecule has 2 N–H and O–H groups in total. The van der Waals surface area contributed by atoms with E-state index in [0.29, 0.717) is 5.92 Å². The first-order valence-electron chi connectivity index (χ1n) is 6.84. The third kappa shape index (κ3) is 2.71. The zero-order valence-electron chi connectivity index (χ0n) is 11.4. The molecule has 3 unspecified atom stereocenters. The van der Waals surface area contributed by atoms with E-state index in [1.165, 1.54) is 30.4 Å². The Morgan fingerprint density at radius 3 is 2.65 bits per heavy atom. The molecule has 0 heterocycles. The van der Waals surface area contributed by atoms with Crippen LogP contribution in [-0.4, -0.2) is 5.54 Å². The Morgan fingerprint density at radius 1 is 1.29 bits per heavy atom. The summed E-state index contributed by atoms with van der Waals surface area (Å²) in [5, 5.41) is 0. The van der Waals surface area contributed by atoms with E-state index < -0.39 is 0 Å². The second-order valence-corrected chi connectivity index (χ2v) is 6.12. The maximum Gasteiger partial charge on any atom is 0.0221 e. The zero-order chi connectivity index (χ0) is 12.5. The van der Waals surface area contributed by atoms with Crippen LogP contribution in [0, 0.1) is 18.8 Å². The molecule has 1 heteroatoms. The molecule has 1 aromatic rings. The van der Waals surface area contributed by atoms with Gasteiger partial charge in [0.15, 0.2) is 0 Å². The smallest absolute Gasteiger partial charge is 0.0221 e. The van der Waals surface area contributed by atoms with E-state index in [9.17, 15) is 0 Å². The highest BCUT2D eigenvalue weighted by Gasteiger charge is 2.36. The van der Waals surface area contributed by atoms with Gasteiger partial charge in [0.25, 0.3) is 0 Å². The predicted octanol–water partition coefficient (Wildman–Crippen LogP) is 3.69. The van der Waals surface area contributed by atoms with Crippen molar-refractivity contribution in [3.05, 3.63) is 35.4 Å². The van der Waals surface area contributed by atoms with E-state index in [2.05, 4.69) is 45.0 Å². The molecule has 17 heavy (non-hydrogen) atoms. The Hall–Kier alpha value is -0.820. The predicted molar refractivity (Wildman–Crippen MR) is 74.0 cm³/mol. The van der Waals surface area contributed by atoms with E-state index in [-0.39, 0.29) is 5.54 Å². The molecule has 2 rings (SSSR count). The average Bonchev–Trinajstić information content (AvgIpc) is 2.28. The molecule has 1 aliphatic carbocycles. The van der Waals surface area contributed by atoms with Crippen molar-refractivity contribution in [2.45, 2.75) is 52.0 Å². The summed E-state index contributed by atoms with van der Waals surface area (Å²) in [7, 11) is 0. The Morgan fingerprint density at radius 2 is 2.00 bits per heavy atom. The molecule has 94 valence electrons. The van der Waals surface area contributed by atoms with Crippen molar-refractivity contribution in [2.75, 3.05) is 0 Å². The summed E-state index contributed by atoms with van der Waals surface area (Å²) in [5.74, 6) is 1.48. The van der Waals surface area contributed by atoms with Gasteiger partial charge in [0, 0.05) is 5.54 Å². The van der Waals surface area contributed by atoms with E-state index in [0.717, 1.165) is 12.3 Å². The topological polar surface area (TPSA) is 26.0 Å². The zero-order valence-corrected chi connectivity index (χ0v) is 11.4. The van der Waals surface area contributed by atoms with Crippen molar-refractivity contribution in [3.8, 4) is 0 Å². The monoisotopic (exact) mass is 231 g/mol. The lowest BCUT2D eigenvalue weighted by Gasteiger charge is -2.42. The fraction of sp³-hybridized carbons (Fsp3) is 0.625. The molecule has 1 aliphatic rings. The molecule has 0 aliphatic heterocycles. The highest BCUT2D eigenvalue weighted by atomic mass is 14.8. The molecule has 1 nitrogen and oxygen atoms in total. The first-order valence-corrected chi connectivity index (χ1v) is 6.84. The summed E-state index contributed by atoms with van der Waals surface area (Å²) >= 11 is 0. The van der Waals surface area contributed by atoms with Crippen LogP contribution in [-0.2, 0) is 6.42 Å². The highest BCUT2D eigenvalue weighted by molar-refractivity contribution is 5.27. The van der Waals surface area contributed by atoms with Crippen molar-refractivity contribution in [3.63, 3.8) is 0 Å². The number of nitrogens with two attached hydrogens (primary N) is 1. The van der Waals surface area contributed by atoms with Gasteiger partial charge in [-0.2, -0.15) is 0 Å². The minimum Gasteiger partial charge on any atom is -0.325 e. The van der Waals surface area contributed by atoms with Gasteiger partial charge in [-0.3, -0.25) is 0 Å². The highest BCUT2D eigenvalue weighted by Crippen LogP contribution is 2.37. The minimum atomic E-state index is 0.0125. The maximum absolute atomic E-state index is 6.67. The Balaban J connectivity index is 2.15. The quantitative estimate of drug-likeness (QED) is 0.825. The molecule has 0 amide bonds. The van der Waals surface area contributed by atoms with Gasteiger partial charge in [-0.05, 0) is 55.6 Å². The van der Waals surface area contributed by atoms with E-state index in [4.69, 9.17) is 5.73 Å². The molecule has 1 saturated carbocycles. The fourth-order valence-corrected chi connectivity index (χ4v) is 3.14. The Kier molecular flexibility index (Phi) is 3.58. The molecular formula is C16H25N. The summed E-state index contributed by atoms with van der Waals surface area (Å²) in [5.41, 5.74) is 9.48. The lowest BCUT2D eigenvalue weighted by Crippen LogP contribution is -2.51. The SMILES string of the molecule is Cc1ccccc1CC1(N)CCC(C)CC1C. The van der Waals surface area contributed by atoms with Crippen LogP contribution in [0.5, 0.6) is 0 Å². The molecule has 1 fully saturated rings. The van der Waals surface area contributed by atoms with Crippen LogP contribution < -0.4 is 5.73 Å². The van der Waals surface area contributed by atoms with Crippen LogP contribution in [0.2, 0.25) is 0 Å². The van der Waals surface area contributed by atoms with E-state index >= 15 is 0 Å². The summed E-state index contributed by atoms with van der Waals surface area (Å²) in [6.45, 7) is 6.87. The summed E-state index contributed by atoms with van der Waals surface area (Å²) < 4.78 is 0. The molecule has 3 atom stereocenters. The van der Waals surface area contributed by atoms with Gasteiger partial charge >= 0.3 is 0 Å². The number of aryl methyl sites for hydroxylation is 1. The third-order valence-corrected chi connectivity index (χ3v) is 4.62. The fourth-order valence-electron chi connectivity index (χ4n) is 3.14. The van der Waals surface area contributed by atoms with Crippen LogP contribution in [0.15, 0.2) is 24.3 Å². The first-order chi connectivity index (χ1) is 8.01. The van der Waals surface area contributed by atoms with Gasteiger partial charge in [0.05, 0.1) is 0 Å². The van der Waals surface area contributed by atoms with Gasteiger partial charge in [0.2, 0.25) is 0 Å². The normalized spacial score (nSPS) is 33.6. The van der Waals surface area contributed by atoms with Crippen LogP contribution >= 0.6 is 0 Å². The minimum absolute atomic E-state index is 0.0125. The van der Waals surface area contributed by atoms with Crippen LogP contribution in [0.25, 0.3) is 0 Å². The van der Waals surface area contributed by atoms with Crippen molar-refractivity contribution in [1.82, 2.24) is 0 Å². The number of hydrogen-bond acceptors (Lipinski definition) is 1. The summed E-state index contributed by atoms with van der Waals surface area (Å²) in [6.07, 6.45) is 4.77. The van der Waals surface area contributed by atoms with Gasteiger partial charge in [-0.15, -0.1) is 0 Å². The molecule has 0 radical (unpaired) electrons. The van der Waals surface area contributed by atoms with E-state index in [1.54, 1.807) is 0 Å². The molecule has 0 aromatic heterocycles. The maximum atomic E-state index is 6.67. The number of hydrogen-bond donors (Lipinski definition) is 1. The number of rotatable bonds is 2. The second-order valence-electron chi connectivity index (χ2n) is 6.12. The van der Waals surface area contributed by atoms with E-state index in [1.807, 2.05) is 0 Å². The number of benzene rings is 1. The Labute approximate surface area is 105 Å². The van der Waals surface area contributed by atoms with Crippen molar-refractivity contribution < 1.29 is 0 Å². The largest absolute Gasteiger partial charge is 0.325 e. The molecule has 1 aromatic carbocycles. The average molecular weight is 231 g/mol. The molecule has 0 saturated heterocycles. The first kappa shape index (κ1) is 12.6. The summed E-state index contributed by atoms with van der Waals surface area (Å²) in [4.78, 5) is 0. The molecule has 0 spiro atoms. The standard InChI is InChI=1S/C16H25N/c1-12-8-9-16(17,14(3)10-12)11-15-7-5-4-6-13(15)2/h4-7,12,14H,8-11,17H2,1-3H3.